The quantitative estimate of drug-likeness (QED) is 0.263. The third kappa shape index (κ3) is 5.29. The van der Waals surface area contributed by atoms with Crippen LogP contribution in [0.4, 0.5) is 0 Å². The van der Waals surface area contributed by atoms with Gasteiger partial charge in [0.15, 0.2) is 0 Å². The lowest BCUT2D eigenvalue weighted by Crippen LogP contribution is -2.03. The zero-order chi connectivity index (χ0) is 24.8. The molecule has 4 rings (SSSR count). The first-order valence-corrected chi connectivity index (χ1v) is 12.8. The van der Waals surface area contributed by atoms with Crippen LogP contribution in [0.1, 0.15) is 18.9 Å². The van der Waals surface area contributed by atoms with Crippen LogP contribution in [0.2, 0.25) is 5.02 Å². The summed E-state index contributed by atoms with van der Waals surface area (Å²) in [5.74, 6) is 0.557. The van der Waals surface area contributed by atoms with E-state index in [1.54, 1.807) is 41.2 Å². The normalized spacial score (nSPS) is 11.7. The minimum Gasteiger partial charge on any atom is -0.492 e. The number of benzene rings is 3. The number of hydrogen-bond acceptors (Lipinski definition) is 5. The third-order valence-corrected chi connectivity index (χ3v) is 7.15. The minimum absolute atomic E-state index is 0.0465. The minimum atomic E-state index is -4.01. The summed E-state index contributed by atoms with van der Waals surface area (Å²) in [4.78, 5) is -0.336. The number of allylic oxidation sites excluding steroid dienone is 1. The van der Waals surface area contributed by atoms with E-state index in [9.17, 15) is 13.7 Å². The molecule has 0 radical (unpaired) electrons. The summed E-state index contributed by atoms with van der Waals surface area (Å²) in [7, 11) is -4.01. The van der Waals surface area contributed by atoms with E-state index in [0.717, 1.165) is 12.1 Å². The van der Waals surface area contributed by atoms with Gasteiger partial charge in [-0.15, -0.1) is 0 Å². The third-order valence-electron chi connectivity index (χ3n) is 5.17. The fourth-order valence-corrected chi connectivity index (χ4v) is 4.85. The van der Waals surface area contributed by atoms with Gasteiger partial charge in [-0.2, -0.15) is 10.4 Å². The Morgan fingerprint density at radius 3 is 2.40 bits per heavy atom. The number of rotatable bonds is 8. The Labute approximate surface area is 209 Å². The molecule has 0 bridgehead atoms. The van der Waals surface area contributed by atoms with E-state index < -0.39 is 9.84 Å². The highest BCUT2D eigenvalue weighted by atomic mass is 35.5. The molecule has 0 aliphatic carbocycles. The number of ether oxygens (including phenoxy) is 1. The van der Waals surface area contributed by atoms with Gasteiger partial charge in [0.25, 0.3) is 0 Å². The van der Waals surface area contributed by atoms with Crippen molar-refractivity contribution in [2.24, 2.45) is 0 Å². The number of sulfone groups is 1. The summed E-state index contributed by atoms with van der Waals surface area (Å²) in [6.07, 6.45) is 3.89. The van der Waals surface area contributed by atoms with Crippen molar-refractivity contribution < 1.29 is 13.2 Å². The molecule has 0 spiro atoms. The van der Waals surface area contributed by atoms with Gasteiger partial charge in [0, 0.05) is 17.3 Å². The standard InChI is InChI=1S/C27H22ClN3O3S/c1-2-15-34-26-14-13-20(17-25(26)28)27-21(19-31(30-27)22-9-5-3-6-10-22)16-24(18-29)35(32,33)23-11-7-4-8-12-23/h3-14,16-17,19H,2,15H2,1H3/b24-16-. The van der Waals surface area contributed by atoms with Gasteiger partial charge >= 0.3 is 0 Å². The summed E-state index contributed by atoms with van der Waals surface area (Å²) >= 11 is 6.45. The van der Waals surface area contributed by atoms with Crippen LogP contribution in [0.5, 0.6) is 5.75 Å². The van der Waals surface area contributed by atoms with Crippen molar-refractivity contribution in [3.05, 3.63) is 101 Å². The lowest BCUT2D eigenvalue weighted by molar-refractivity contribution is 0.317. The molecule has 0 aliphatic rings. The van der Waals surface area contributed by atoms with E-state index in [2.05, 4.69) is 0 Å². The average molecular weight is 504 g/mol. The molecule has 0 unspecified atom stereocenters. The van der Waals surface area contributed by atoms with Gasteiger partial charge < -0.3 is 4.74 Å². The molecule has 4 aromatic rings. The summed E-state index contributed by atoms with van der Waals surface area (Å²) in [5.41, 5.74) is 2.39. The molecule has 0 atom stereocenters. The van der Waals surface area contributed by atoms with Crippen LogP contribution in [0.3, 0.4) is 0 Å². The lowest BCUT2D eigenvalue weighted by atomic mass is 10.1. The smallest absolute Gasteiger partial charge is 0.216 e. The van der Waals surface area contributed by atoms with Gasteiger partial charge in [-0.1, -0.05) is 54.9 Å². The summed E-state index contributed by atoms with van der Waals surface area (Å²) < 4.78 is 33.6. The first-order valence-electron chi connectivity index (χ1n) is 10.9. The maximum absolute atomic E-state index is 13.1. The molecule has 0 N–H and O–H groups in total. The van der Waals surface area contributed by atoms with Gasteiger partial charge in [-0.25, -0.2) is 13.1 Å². The van der Waals surface area contributed by atoms with Crippen molar-refractivity contribution in [3.8, 4) is 28.8 Å². The molecular formula is C27H22ClN3O3S. The average Bonchev–Trinajstić information content (AvgIpc) is 3.31. The largest absolute Gasteiger partial charge is 0.492 e. The lowest BCUT2D eigenvalue weighted by Gasteiger charge is -2.08. The van der Waals surface area contributed by atoms with Crippen molar-refractivity contribution in [1.29, 1.82) is 5.26 Å². The molecule has 176 valence electrons. The Bertz CT molecular complexity index is 1510. The number of nitrogens with zero attached hydrogens (tertiary/aromatic N) is 3. The molecule has 8 heteroatoms. The zero-order valence-corrected chi connectivity index (χ0v) is 20.5. The van der Waals surface area contributed by atoms with Crippen LogP contribution in [-0.2, 0) is 9.84 Å². The fraction of sp³-hybridized carbons (Fsp3) is 0.111. The predicted octanol–water partition coefficient (Wildman–Crippen LogP) is 6.32. The van der Waals surface area contributed by atoms with Crippen LogP contribution < -0.4 is 4.74 Å². The van der Waals surface area contributed by atoms with Crippen molar-refractivity contribution in [1.82, 2.24) is 9.78 Å². The maximum atomic E-state index is 13.1. The molecule has 1 heterocycles. The highest BCUT2D eigenvalue weighted by Crippen LogP contribution is 2.33. The Hall–Kier alpha value is -3.86. The molecule has 0 amide bonds. The number of hydrogen-bond donors (Lipinski definition) is 0. The van der Waals surface area contributed by atoms with E-state index in [1.165, 1.54) is 18.2 Å². The van der Waals surface area contributed by atoms with Crippen molar-refractivity contribution in [2.75, 3.05) is 6.61 Å². The van der Waals surface area contributed by atoms with Crippen LogP contribution >= 0.6 is 11.6 Å². The summed E-state index contributed by atoms with van der Waals surface area (Å²) in [6.45, 7) is 2.55. The predicted molar refractivity (Wildman–Crippen MR) is 137 cm³/mol. The first kappa shape index (κ1) is 24.3. The number of aromatic nitrogens is 2. The molecule has 35 heavy (non-hydrogen) atoms. The van der Waals surface area contributed by atoms with Crippen molar-refractivity contribution >= 4 is 27.5 Å². The van der Waals surface area contributed by atoms with E-state index in [1.807, 2.05) is 49.4 Å². The van der Waals surface area contributed by atoms with E-state index in [-0.39, 0.29) is 9.80 Å². The van der Waals surface area contributed by atoms with E-state index >= 15 is 0 Å². The molecule has 0 saturated heterocycles. The van der Waals surface area contributed by atoms with Crippen molar-refractivity contribution in [2.45, 2.75) is 18.2 Å². The SMILES string of the molecule is CCCOc1ccc(-c2nn(-c3ccccc3)cc2/C=C(/C#N)S(=O)(=O)c2ccccc2)cc1Cl. The molecule has 3 aromatic carbocycles. The van der Waals surface area contributed by atoms with Crippen LogP contribution in [-0.4, -0.2) is 24.8 Å². The Kier molecular flexibility index (Phi) is 7.35. The first-order chi connectivity index (χ1) is 16.9. The number of para-hydroxylation sites is 1. The topological polar surface area (TPSA) is 85.0 Å². The Balaban J connectivity index is 1.86. The second-order valence-electron chi connectivity index (χ2n) is 7.64. The molecule has 0 fully saturated rings. The van der Waals surface area contributed by atoms with Crippen LogP contribution in [0.25, 0.3) is 23.0 Å². The zero-order valence-electron chi connectivity index (χ0n) is 18.9. The molecular weight excluding hydrogens is 482 g/mol. The molecule has 0 saturated carbocycles. The Morgan fingerprint density at radius 2 is 1.77 bits per heavy atom. The Morgan fingerprint density at radius 1 is 1.09 bits per heavy atom. The van der Waals surface area contributed by atoms with Crippen molar-refractivity contribution in [3.63, 3.8) is 0 Å². The van der Waals surface area contributed by atoms with Gasteiger partial charge in [0.1, 0.15) is 22.4 Å². The summed E-state index contributed by atoms with van der Waals surface area (Å²) in [6, 6.07) is 24.4. The second kappa shape index (κ2) is 10.6. The highest BCUT2D eigenvalue weighted by Gasteiger charge is 2.22. The summed E-state index contributed by atoms with van der Waals surface area (Å²) in [5, 5.41) is 14.9. The highest BCUT2D eigenvalue weighted by molar-refractivity contribution is 7.95. The van der Waals surface area contributed by atoms with Crippen LogP contribution in [0, 0.1) is 11.3 Å². The van der Waals surface area contributed by atoms with E-state index in [4.69, 9.17) is 21.4 Å². The van der Waals surface area contributed by atoms with Gasteiger partial charge in [0.2, 0.25) is 9.84 Å². The number of nitriles is 1. The van der Waals surface area contributed by atoms with Gasteiger partial charge in [-0.3, -0.25) is 0 Å². The number of halogens is 1. The van der Waals surface area contributed by atoms with Crippen LogP contribution in [0.15, 0.2) is 94.9 Å². The van der Waals surface area contributed by atoms with Gasteiger partial charge in [0.05, 0.1) is 22.2 Å². The monoisotopic (exact) mass is 503 g/mol. The second-order valence-corrected chi connectivity index (χ2v) is 9.97. The van der Waals surface area contributed by atoms with E-state index in [0.29, 0.717) is 34.2 Å². The fourth-order valence-electron chi connectivity index (χ4n) is 3.45. The molecule has 0 aliphatic heterocycles. The molecule has 6 nitrogen and oxygen atoms in total. The molecule has 1 aromatic heterocycles. The van der Waals surface area contributed by atoms with Gasteiger partial charge in [-0.05, 0) is 55.0 Å². The maximum Gasteiger partial charge on any atom is 0.216 e.